The Labute approximate surface area is 123 Å². The molecule has 1 aromatic rings. The first kappa shape index (κ1) is 14.7. The van der Waals surface area contributed by atoms with E-state index in [1.54, 1.807) is 24.3 Å². The Morgan fingerprint density at radius 2 is 2.25 bits per heavy atom. The lowest BCUT2D eigenvalue weighted by Crippen LogP contribution is -2.47. The van der Waals surface area contributed by atoms with Crippen molar-refractivity contribution in [1.82, 2.24) is 4.90 Å². The molecule has 0 unspecified atom stereocenters. The zero-order chi connectivity index (χ0) is 14.6. The quantitative estimate of drug-likeness (QED) is 0.857. The highest BCUT2D eigenvalue weighted by Gasteiger charge is 2.29. The van der Waals surface area contributed by atoms with E-state index in [4.69, 9.17) is 10.00 Å². The van der Waals surface area contributed by atoms with Crippen molar-refractivity contribution in [3.05, 3.63) is 29.8 Å². The summed E-state index contributed by atoms with van der Waals surface area (Å²) in [6.45, 7) is 5.77. The maximum absolute atomic E-state index is 12.2. The van der Waals surface area contributed by atoms with Crippen molar-refractivity contribution >= 4 is 17.7 Å². The average molecular weight is 290 g/mol. The van der Waals surface area contributed by atoms with Crippen molar-refractivity contribution in [3.8, 4) is 11.8 Å². The molecule has 1 heterocycles. The molecule has 0 aromatic heterocycles. The van der Waals surface area contributed by atoms with Crippen LogP contribution in [-0.4, -0.2) is 41.0 Å². The zero-order valence-corrected chi connectivity index (χ0v) is 12.6. The Hall–Kier alpha value is -1.67. The first-order valence-corrected chi connectivity index (χ1v) is 7.54. The predicted octanol–water partition coefficient (Wildman–Crippen LogP) is 2.29. The second-order valence-electron chi connectivity index (χ2n) is 5.32. The van der Waals surface area contributed by atoms with Crippen LogP contribution in [0.1, 0.15) is 19.4 Å². The Kier molecular flexibility index (Phi) is 4.56. The van der Waals surface area contributed by atoms with E-state index in [1.165, 1.54) is 0 Å². The summed E-state index contributed by atoms with van der Waals surface area (Å²) in [4.78, 5) is 14.0. The van der Waals surface area contributed by atoms with Gasteiger partial charge in [-0.15, -0.1) is 0 Å². The van der Waals surface area contributed by atoms with E-state index in [1.807, 2.05) is 16.7 Å². The summed E-state index contributed by atoms with van der Waals surface area (Å²) in [7, 11) is 0. The largest absolute Gasteiger partial charge is 0.482 e. The molecule has 20 heavy (non-hydrogen) atoms. The third-order valence-electron chi connectivity index (χ3n) is 3.14. The smallest absolute Gasteiger partial charge is 0.260 e. The number of amides is 1. The van der Waals surface area contributed by atoms with E-state index < -0.39 is 0 Å². The predicted molar refractivity (Wildman–Crippen MR) is 79.8 cm³/mol. The summed E-state index contributed by atoms with van der Waals surface area (Å²) in [5.41, 5.74) is 0.454. The molecule has 1 aliphatic heterocycles. The van der Waals surface area contributed by atoms with Crippen molar-refractivity contribution in [3.63, 3.8) is 0 Å². The third-order valence-corrected chi connectivity index (χ3v) is 4.43. The van der Waals surface area contributed by atoms with Gasteiger partial charge in [0.25, 0.3) is 5.91 Å². The summed E-state index contributed by atoms with van der Waals surface area (Å²) >= 11 is 1.88. The van der Waals surface area contributed by atoms with Gasteiger partial charge in [0.05, 0.1) is 5.56 Å². The molecule has 106 valence electrons. The highest BCUT2D eigenvalue weighted by atomic mass is 32.2. The molecule has 1 amide bonds. The fraction of sp³-hybridized carbons (Fsp3) is 0.467. The number of nitrogens with zero attached hydrogens (tertiary/aromatic N) is 2. The van der Waals surface area contributed by atoms with Crippen LogP contribution in [0.25, 0.3) is 0 Å². The number of benzene rings is 1. The number of nitriles is 1. The monoisotopic (exact) mass is 290 g/mol. The molecule has 0 bridgehead atoms. The van der Waals surface area contributed by atoms with Gasteiger partial charge in [0.2, 0.25) is 0 Å². The minimum Gasteiger partial charge on any atom is -0.482 e. The second kappa shape index (κ2) is 6.19. The molecule has 0 aliphatic carbocycles. The molecule has 5 heteroatoms. The van der Waals surface area contributed by atoms with Crippen molar-refractivity contribution < 1.29 is 9.53 Å². The van der Waals surface area contributed by atoms with Gasteiger partial charge in [0, 0.05) is 23.6 Å². The lowest BCUT2D eigenvalue weighted by Gasteiger charge is -2.37. The van der Waals surface area contributed by atoms with Gasteiger partial charge in [0.1, 0.15) is 11.8 Å². The first-order valence-electron chi connectivity index (χ1n) is 6.55. The number of carbonyl (C=O) groups excluding carboxylic acids is 1. The minimum absolute atomic E-state index is 0.0144. The van der Waals surface area contributed by atoms with Gasteiger partial charge in [-0.05, 0) is 26.0 Å². The van der Waals surface area contributed by atoms with Crippen molar-refractivity contribution in [2.24, 2.45) is 0 Å². The number of hydrogen-bond donors (Lipinski definition) is 0. The Balaban J connectivity index is 1.94. The Bertz CT molecular complexity index is 537. The van der Waals surface area contributed by atoms with E-state index in [0.29, 0.717) is 11.3 Å². The van der Waals surface area contributed by atoms with Crippen molar-refractivity contribution in [2.45, 2.75) is 18.6 Å². The summed E-state index contributed by atoms with van der Waals surface area (Å²) in [6.07, 6.45) is 0. The van der Waals surface area contributed by atoms with Gasteiger partial charge in [0.15, 0.2) is 6.61 Å². The molecule has 1 aromatic carbocycles. The molecule has 1 aliphatic rings. The van der Waals surface area contributed by atoms with E-state index in [9.17, 15) is 4.79 Å². The van der Waals surface area contributed by atoms with Crippen LogP contribution in [-0.2, 0) is 4.79 Å². The lowest BCUT2D eigenvalue weighted by atomic mass is 10.2. The molecule has 0 saturated carbocycles. The van der Waals surface area contributed by atoms with Gasteiger partial charge in [-0.3, -0.25) is 4.79 Å². The minimum atomic E-state index is -0.0221. The van der Waals surface area contributed by atoms with Crippen LogP contribution in [0.4, 0.5) is 0 Å². The number of para-hydroxylation sites is 1. The molecule has 0 N–H and O–H groups in total. The van der Waals surface area contributed by atoms with Crippen LogP contribution in [0.15, 0.2) is 24.3 Å². The van der Waals surface area contributed by atoms with Gasteiger partial charge in [-0.25, -0.2) is 0 Å². The molecule has 1 fully saturated rings. The number of rotatable bonds is 3. The Morgan fingerprint density at radius 3 is 2.95 bits per heavy atom. The Morgan fingerprint density at radius 1 is 1.50 bits per heavy atom. The SMILES string of the molecule is CC1(C)CN(C(=O)COc2ccccc2C#N)CCS1. The molecule has 0 spiro atoms. The first-order chi connectivity index (χ1) is 9.52. The number of ether oxygens (including phenoxy) is 1. The molecule has 0 radical (unpaired) electrons. The fourth-order valence-electron chi connectivity index (χ4n) is 2.14. The fourth-order valence-corrected chi connectivity index (χ4v) is 3.26. The maximum Gasteiger partial charge on any atom is 0.260 e. The molecule has 2 rings (SSSR count). The van der Waals surface area contributed by atoms with E-state index in [2.05, 4.69) is 19.9 Å². The van der Waals surface area contributed by atoms with Crippen LogP contribution < -0.4 is 4.74 Å². The topological polar surface area (TPSA) is 53.3 Å². The van der Waals surface area contributed by atoms with Crippen LogP contribution >= 0.6 is 11.8 Å². The van der Waals surface area contributed by atoms with E-state index in [0.717, 1.165) is 18.8 Å². The normalized spacial score (nSPS) is 17.4. The average Bonchev–Trinajstić information content (AvgIpc) is 2.44. The third kappa shape index (κ3) is 3.67. The van der Waals surface area contributed by atoms with Crippen LogP contribution in [0.2, 0.25) is 0 Å². The van der Waals surface area contributed by atoms with E-state index in [-0.39, 0.29) is 17.3 Å². The summed E-state index contributed by atoms with van der Waals surface area (Å²) in [6, 6.07) is 9.02. The molecule has 1 saturated heterocycles. The molecule has 4 nitrogen and oxygen atoms in total. The molecular weight excluding hydrogens is 272 g/mol. The van der Waals surface area contributed by atoms with Crippen LogP contribution in [0.3, 0.4) is 0 Å². The number of hydrogen-bond acceptors (Lipinski definition) is 4. The zero-order valence-electron chi connectivity index (χ0n) is 11.8. The number of thioether (sulfide) groups is 1. The second-order valence-corrected chi connectivity index (χ2v) is 7.12. The van der Waals surface area contributed by atoms with Crippen molar-refractivity contribution in [1.29, 1.82) is 5.26 Å². The van der Waals surface area contributed by atoms with Gasteiger partial charge < -0.3 is 9.64 Å². The van der Waals surface area contributed by atoms with Crippen molar-refractivity contribution in [2.75, 3.05) is 25.4 Å². The van der Waals surface area contributed by atoms with Gasteiger partial charge >= 0.3 is 0 Å². The summed E-state index contributed by atoms with van der Waals surface area (Å²) < 4.78 is 5.59. The number of carbonyl (C=O) groups is 1. The summed E-state index contributed by atoms with van der Waals surface area (Å²) in [5.74, 6) is 1.40. The van der Waals surface area contributed by atoms with E-state index >= 15 is 0 Å². The molecule has 0 atom stereocenters. The van der Waals surface area contributed by atoms with Gasteiger partial charge in [-0.2, -0.15) is 17.0 Å². The maximum atomic E-state index is 12.2. The van der Waals surface area contributed by atoms with Crippen LogP contribution in [0.5, 0.6) is 5.75 Å². The lowest BCUT2D eigenvalue weighted by molar-refractivity contribution is -0.133. The standard InChI is InChI=1S/C15H18N2O2S/c1-15(2)11-17(7-8-20-15)14(18)10-19-13-6-4-3-5-12(13)9-16/h3-6H,7-8,10-11H2,1-2H3. The highest BCUT2D eigenvalue weighted by Crippen LogP contribution is 2.29. The highest BCUT2D eigenvalue weighted by molar-refractivity contribution is 8.00. The van der Waals surface area contributed by atoms with Crippen LogP contribution in [0, 0.1) is 11.3 Å². The summed E-state index contributed by atoms with van der Waals surface area (Å²) in [5, 5.41) is 8.97. The molecular formula is C15H18N2O2S. The van der Waals surface area contributed by atoms with Gasteiger partial charge in [-0.1, -0.05) is 12.1 Å².